The molecule has 0 radical (unpaired) electrons. The number of pyridine rings is 1. The number of H-pyrrole nitrogens is 1. The Morgan fingerprint density at radius 1 is 1.19 bits per heavy atom. The summed E-state index contributed by atoms with van der Waals surface area (Å²) in [7, 11) is 1.95. The molecule has 0 saturated carbocycles. The Hall–Kier alpha value is -2.57. The summed E-state index contributed by atoms with van der Waals surface area (Å²) in [6, 6.07) is 0. The van der Waals surface area contributed by atoms with Crippen molar-refractivity contribution in [2.75, 3.05) is 0 Å². The van der Waals surface area contributed by atoms with Gasteiger partial charge in [0.25, 0.3) is 0 Å². The zero-order valence-corrected chi connectivity index (χ0v) is 15.7. The van der Waals surface area contributed by atoms with Crippen LogP contribution in [-0.2, 0) is 19.9 Å². The van der Waals surface area contributed by atoms with Crippen LogP contribution in [0.2, 0.25) is 0 Å². The molecule has 1 N–H and O–H groups in total. The molecule has 0 spiro atoms. The van der Waals surface area contributed by atoms with Crippen molar-refractivity contribution in [1.29, 1.82) is 0 Å². The lowest BCUT2D eigenvalue weighted by Crippen LogP contribution is -2.09. The van der Waals surface area contributed by atoms with Gasteiger partial charge in [0.2, 0.25) is 0 Å². The number of nitrogens with one attached hydrogen (secondary N) is 1. The Balaban J connectivity index is 2.07. The Morgan fingerprint density at radius 2 is 2.04 bits per heavy atom. The van der Waals surface area contributed by atoms with Crippen LogP contribution < -0.4 is 0 Å². The van der Waals surface area contributed by atoms with Gasteiger partial charge in [-0.25, -0.2) is 5.10 Å². The van der Waals surface area contributed by atoms with Crippen LogP contribution in [0.15, 0.2) is 12.4 Å². The Morgan fingerprint density at radius 3 is 2.73 bits per heavy atom. The third-order valence-corrected chi connectivity index (χ3v) is 5.41. The molecule has 1 aliphatic carbocycles. The molecule has 26 heavy (non-hydrogen) atoms. The van der Waals surface area contributed by atoms with E-state index in [1.54, 1.807) is 0 Å². The highest BCUT2D eigenvalue weighted by atomic mass is 15.5. The molecule has 0 bridgehead atoms. The van der Waals surface area contributed by atoms with E-state index < -0.39 is 0 Å². The van der Waals surface area contributed by atoms with E-state index in [0.717, 1.165) is 36.1 Å². The number of aromatic nitrogens is 7. The molecule has 0 fully saturated rings. The van der Waals surface area contributed by atoms with Crippen molar-refractivity contribution >= 4 is 0 Å². The van der Waals surface area contributed by atoms with Gasteiger partial charge >= 0.3 is 0 Å². The molecule has 3 aromatic rings. The maximum Gasteiger partial charge on any atom is 0.181 e. The van der Waals surface area contributed by atoms with E-state index in [-0.39, 0.29) is 0 Å². The standard InChI is InChI=1S/C19H25N7/c1-4-12(2)18-17(19-22-24-25-23-19)16(13-10-20-26(3)11-13)14-8-6-5-7-9-15(14)21-18/h10-12H,4-9H2,1-3H3,(H,22,23,24,25). The van der Waals surface area contributed by atoms with Gasteiger partial charge < -0.3 is 0 Å². The van der Waals surface area contributed by atoms with Crippen molar-refractivity contribution in [3.8, 4) is 22.5 Å². The Bertz CT molecular complexity index is 895. The van der Waals surface area contributed by atoms with Crippen LogP contribution in [-0.4, -0.2) is 35.4 Å². The van der Waals surface area contributed by atoms with Gasteiger partial charge in [-0.1, -0.05) is 20.3 Å². The monoisotopic (exact) mass is 351 g/mol. The number of aryl methyl sites for hydroxylation is 2. The van der Waals surface area contributed by atoms with Crippen LogP contribution in [0.1, 0.15) is 62.4 Å². The number of hydrogen-bond donors (Lipinski definition) is 1. The number of tetrazole rings is 1. The number of rotatable bonds is 4. The summed E-state index contributed by atoms with van der Waals surface area (Å²) in [6.45, 7) is 4.43. The molecular formula is C19H25N7. The average molecular weight is 351 g/mol. The first-order valence-corrected chi connectivity index (χ1v) is 9.47. The zero-order valence-electron chi connectivity index (χ0n) is 15.7. The molecule has 136 valence electrons. The first-order valence-electron chi connectivity index (χ1n) is 9.47. The highest BCUT2D eigenvalue weighted by Gasteiger charge is 2.27. The number of nitrogens with zero attached hydrogens (tertiary/aromatic N) is 6. The van der Waals surface area contributed by atoms with E-state index in [2.05, 4.69) is 45.8 Å². The minimum Gasteiger partial charge on any atom is -0.275 e. The van der Waals surface area contributed by atoms with Gasteiger partial charge in [0.15, 0.2) is 5.82 Å². The number of fused-ring (bicyclic) bond motifs is 1. The Kier molecular flexibility index (Phi) is 4.53. The van der Waals surface area contributed by atoms with Crippen LogP contribution in [0.4, 0.5) is 0 Å². The molecule has 1 aliphatic rings. The minimum atomic E-state index is 0.332. The fourth-order valence-electron chi connectivity index (χ4n) is 3.86. The molecule has 0 aromatic carbocycles. The Labute approximate surface area is 153 Å². The molecule has 7 nitrogen and oxygen atoms in total. The predicted molar refractivity (Wildman–Crippen MR) is 99.6 cm³/mol. The second-order valence-electron chi connectivity index (χ2n) is 7.19. The molecule has 4 rings (SSSR count). The summed E-state index contributed by atoms with van der Waals surface area (Å²) >= 11 is 0. The molecule has 1 atom stereocenters. The lowest BCUT2D eigenvalue weighted by molar-refractivity contribution is 0.691. The molecule has 0 amide bonds. The van der Waals surface area contributed by atoms with Crippen LogP contribution in [0, 0.1) is 0 Å². The topological polar surface area (TPSA) is 85.2 Å². The second-order valence-corrected chi connectivity index (χ2v) is 7.19. The maximum absolute atomic E-state index is 5.15. The number of hydrogen-bond acceptors (Lipinski definition) is 5. The van der Waals surface area contributed by atoms with Crippen molar-refractivity contribution in [2.45, 2.75) is 58.3 Å². The number of aromatic amines is 1. The van der Waals surface area contributed by atoms with Gasteiger partial charge in [-0.3, -0.25) is 9.67 Å². The molecular weight excluding hydrogens is 326 g/mol. The van der Waals surface area contributed by atoms with Gasteiger partial charge in [-0.05, 0) is 54.0 Å². The third kappa shape index (κ3) is 2.91. The van der Waals surface area contributed by atoms with Crippen molar-refractivity contribution in [1.82, 2.24) is 35.4 Å². The van der Waals surface area contributed by atoms with Crippen molar-refractivity contribution in [3.63, 3.8) is 0 Å². The minimum absolute atomic E-state index is 0.332. The summed E-state index contributed by atoms with van der Waals surface area (Å²) < 4.78 is 1.85. The van der Waals surface area contributed by atoms with Crippen LogP contribution >= 0.6 is 0 Å². The van der Waals surface area contributed by atoms with Crippen molar-refractivity contribution in [3.05, 3.63) is 29.3 Å². The lowest BCUT2D eigenvalue weighted by Gasteiger charge is -2.21. The predicted octanol–water partition coefficient (Wildman–Crippen LogP) is 3.44. The van der Waals surface area contributed by atoms with Gasteiger partial charge in [0.1, 0.15) is 0 Å². The second kappa shape index (κ2) is 6.97. The zero-order chi connectivity index (χ0) is 18.1. The summed E-state index contributed by atoms with van der Waals surface area (Å²) in [5.74, 6) is 1.03. The normalized spacial score (nSPS) is 15.5. The van der Waals surface area contributed by atoms with E-state index in [0.29, 0.717) is 11.7 Å². The van der Waals surface area contributed by atoms with E-state index >= 15 is 0 Å². The largest absolute Gasteiger partial charge is 0.275 e. The first-order chi connectivity index (χ1) is 12.7. The highest BCUT2D eigenvalue weighted by molar-refractivity contribution is 5.85. The van der Waals surface area contributed by atoms with E-state index in [9.17, 15) is 0 Å². The van der Waals surface area contributed by atoms with Gasteiger partial charge in [-0.15, -0.1) is 5.10 Å². The fourth-order valence-corrected chi connectivity index (χ4v) is 3.86. The molecule has 1 unspecified atom stereocenters. The van der Waals surface area contributed by atoms with Crippen LogP contribution in [0.5, 0.6) is 0 Å². The van der Waals surface area contributed by atoms with Crippen molar-refractivity contribution < 1.29 is 0 Å². The highest BCUT2D eigenvalue weighted by Crippen LogP contribution is 2.41. The average Bonchev–Trinajstić information content (AvgIpc) is 3.26. The fraction of sp³-hybridized carbons (Fsp3) is 0.526. The maximum atomic E-state index is 5.15. The summed E-state index contributed by atoms with van der Waals surface area (Å²) in [5.41, 5.74) is 7.04. The van der Waals surface area contributed by atoms with Crippen LogP contribution in [0.3, 0.4) is 0 Å². The summed E-state index contributed by atoms with van der Waals surface area (Å²) in [6.07, 6.45) is 10.8. The van der Waals surface area contributed by atoms with Gasteiger partial charge in [-0.2, -0.15) is 5.10 Å². The summed E-state index contributed by atoms with van der Waals surface area (Å²) in [4.78, 5) is 5.15. The summed E-state index contributed by atoms with van der Waals surface area (Å²) in [5, 5.41) is 19.3. The van der Waals surface area contributed by atoms with Crippen molar-refractivity contribution in [2.24, 2.45) is 7.05 Å². The van der Waals surface area contributed by atoms with E-state index in [1.165, 1.54) is 36.1 Å². The van der Waals surface area contributed by atoms with Gasteiger partial charge in [0.05, 0.1) is 17.5 Å². The van der Waals surface area contributed by atoms with E-state index in [1.807, 2.05) is 17.9 Å². The molecule has 3 heterocycles. The quantitative estimate of drug-likeness (QED) is 0.728. The first kappa shape index (κ1) is 16.9. The third-order valence-electron chi connectivity index (χ3n) is 5.41. The molecule has 7 heteroatoms. The van der Waals surface area contributed by atoms with E-state index in [4.69, 9.17) is 4.98 Å². The molecule has 3 aromatic heterocycles. The van der Waals surface area contributed by atoms with Gasteiger partial charge in [0, 0.05) is 30.1 Å². The SMILES string of the molecule is CCC(C)c1nc2c(c(-c3cnn(C)c3)c1-c1nnn[nH]1)CCCCC2. The molecule has 0 saturated heterocycles. The smallest absolute Gasteiger partial charge is 0.181 e. The molecule has 0 aliphatic heterocycles. The van der Waals surface area contributed by atoms with Crippen LogP contribution in [0.25, 0.3) is 22.5 Å². The lowest BCUT2D eigenvalue weighted by atomic mass is 9.87.